The zero-order valence-corrected chi connectivity index (χ0v) is 10.2. The Bertz CT molecular complexity index is 571. The number of sulfonamides is 1. The van der Waals surface area contributed by atoms with Gasteiger partial charge in [0.1, 0.15) is 11.6 Å². The molecule has 0 saturated heterocycles. The van der Waals surface area contributed by atoms with Gasteiger partial charge in [-0.15, -0.1) is 0 Å². The van der Waals surface area contributed by atoms with Gasteiger partial charge in [-0.05, 0) is 12.5 Å². The molecule has 0 aliphatic rings. The fourth-order valence-electron chi connectivity index (χ4n) is 1.28. The zero-order valence-electron chi connectivity index (χ0n) is 9.41. The van der Waals surface area contributed by atoms with Crippen molar-refractivity contribution in [3.63, 3.8) is 0 Å². The van der Waals surface area contributed by atoms with E-state index in [0.717, 1.165) is 0 Å². The molecular formula is C10H11F2NO4S. The lowest BCUT2D eigenvalue weighted by atomic mass is 10.2. The van der Waals surface area contributed by atoms with Crippen LogP contribution >= 0.6 is 0 Å². The molecule has 0 aliphatic heterocycles. The monoisotopic (exact) mass is 279 g/mol. The first-order valence-corrected chi connectivity index (χ1v) is 6.65. The van der Waals surface area contributed by atoms with Crippen LogP contribution in [0.2, 0.25) is 0 Å². The normalized spacial score (nSPS) is 11.3. The van der Waals surface area contributed by atoms with E-state index in [1.807, 2.05) is 4.72 Å². The van der Waals surface area contributed by atoms with Gasteiger partial charge in [-0.1, -0.05) is 6.92 Å². The van der Waals surface area contributed by atoms with E-state index in [9.17, 15) is 22.0 Å². The summed E-state index contributed by atoms with van der Waals surface area (Å²) >= 11 is 0. The second-order valence-corrected chi connectivity index (χ2v) is 5.38. The molecule has 100 valence electrons. The Morgan fingerprint density at radius 3 is 2.44 bits per heavy atom. The van der Waals surface area contributed by atoms with Gasteiger partial charge in [0.2, 0.25) is 10.0 Å². The van der Waals surface area contributed by atoms with Gasteiger partial charge in [-0.25, -0.2) is 22.0 Å². The highest BCUT2D eigenvalue weighted by atomic mass is 32.2. The van der Waals surface area contributed by atoms with Crippen molar-refractivity contribution in [1.29, 1.82) is 0 Å². The quantitative estimate of drug-likeness (QED) is 0.861. The predicted molar refractivity (Wildman–Crippen MR) is 61.0 cm³/mol. The van der Waals surface area contributed by atoms with Gasteiger partial charge in [0, 0.05) is 6.07 Å². The molecule has 0 saturated carbocycles. The highest BCUT2D eigenvalue weighted by Gasteiger charge is 2.18. The third-order valence-electron chi connectivity index (χ3n) is 2.03. The minimum absolute atomic E-state index is 0.244. The lowest BCUT2D eigenvalue weighted by Gasteiger charge is -2.09. The lowest BCUT2D eigenvalue weighted by molar-refractivity contribution is 0.0692. The Balaban J connectivity index is 3.18. The van der Waals surface area contributed by atoms with Gasteiger partial charge < -0.3 is 5.11 Å². The average molecular weight is 279 g/mol. The first-order chi connectivity index (χ1) is 8.26. The van der Waals surface area contributed by atoms with Crippen LogP contribution in [0, 0.1) is 11.6 Å². The summed E-state index contributed by atoms with van der Waals surface area (Å²) in [5.74, 6) is -4.29. The Hall–Kier alpha value is -1.70. The van der Waals surface area contributed by atoms with Crippen LogP contribution in [-0.2, 0) is 10.0 Å². The highest BCUT2D eigenvalue weighted by molar-refractivity contribution is 7.92. The molecule has 0 fully saturated rings. The molecular weight excluding hydrogens is 268 g/mol. The van der Waals surface area contributed by atoms with E-state index < -0.39 is 38.9 Å². The van der Waals surface area contributed by atoms with E-state index in [2.05, 4.69) is 0 Å². The number of rotatable bonds is 5. The number of carboxylic acids is 1. The molecule has 18 heavy (non-hydrogen) atoms. The molecule has 0 radical (unpaired) electrons. The number of anilines is 1. The maximum Gasteiger partial charge on any atom is 0.338 e. The van der Waals surface area contributed by atoms with Crippen LogP contribution in [0.5, 0.6) is 0 Å². The van der Waals surface area contributed by atoms with Crippen molar-refractivity contribution >= 4 is 21.7 Å². The van der Waals surface area contributed by atoms with Crippen molar-refractivity contribution < 1.29 is 27.1 Å². The van der Waals surface area contributed by atoms with Gasteiger partial charge in [-0.2, -0.15) is 0 Å². The molecule has 5 nitrogen and oxygen atoms in total. The van der Waals surface area contributed by atoms with Crippen LogP contribution in [0.3, 0.4) is 0 Å². The maximum atomic E-state index is 13.3. The van der Waals surface area contributed by atoms with Gasteiger partial charge in [0.15, 0.2) is 0 Å². The van der Waals surface area contributed by atoms with Crippen LogP contribution < -0.4 is 4.72 Å². The molecule has 0 aliphatic carbocycles. The van der Waals surface area contributed by atoms with Crippen molar-refractivity contribution in [2.45, 2.75) is 13.3 Å². The van der Waals surface area contributed by atoms with E-state index >= 15 is 0 Å². The summed E-state index contributed by atoms with van der Waals surface area (Å²) < 4.78 is 51.0. The Morgan fingerprint density at radius 2 is 1.94 bits per heavy atom. The molecule has 1 rings (SSSR count). The van der Waals surface area contributed by atoms with Crippen LogP contribution in [0.15, 0.2) is 12.1 Å². The van der Waals surface area contributed by atoms with E-state index in [1.165, 1.54) is 0 Å². The zero-order chi connectivity index (χ0) is 13.9. The Labute approximate surface area is 102 Å². The number of carbonyl (C=O) groups is 1. The van der Waals surface area contributed by atoms with E-state index in [4.69, 9.17) is 5.11 Å². The number of carboxylic acid groups (broad SMARTS) is 1. The number of halogens is 2. The van der Waals surface area contributed by atoms with Crippen molar-refractivity contribution in [3.8, 4) is 0 Å². The first-order valence-electron chi connectivity index (χ1n) is 4.99. The van der Waals surface area contributed by atoms with Gasteiger partial charge >= 0.3 is 5.97 Å². The largest absolute Gasteiger partial charge is 0.478 e. The molecule has 0 heterocycles. The number of benzene rings is 1. The molecule has 1 aromatic rings. The summed E-state index contributed by atoms with van der Waals surface area (Å²) in [6, 6.07) is 0.938. The van der Waals surface area contributed by atoms with Crippen LogP contribution in [0.1, 0.15) is 23.7 Å². The fraction of sp³-hybridized carbons (Fsp3) is 0.300. The Morgan fingerprint density at radius 1 is 1.33 bits per heavy atom. The Kier molecular flexibility index (Phi) is 4.23. The number of nitrogens with one attached hydrogen (secondary N) is 1. The van der Waals surface area contributed by atoms with Gasteiger partial charge in [0.25, 0.3) is 0 Å². The summed E-state index contributed by atoms with van der Waals surface area (Å²) in [4.78, 5) is 10.6. The molecule has 0 bridgehead atoms. The molecule has 0 spiro atoms. The van der Waals surface area contributed by atoms with Crippen molar-refractivity contribution in [3.05, 3.63) is 29.3 Å². The molecule has 1 aromatic carbocycles. The van der Waals surface area contributed by atoms with Crippen LogP contribution in [0.4, 0.5) is 14.5 Å². The topological polar surface area (TPSA) is 83.5 Å². The SMILES string of the molecule is CCCS(=O)(=O)Nc1cc(C(=O)O)c(F)cc1F. The predicted octanol–water partition coefficient (Wildman–Crippen LogP) is 1.81. The van der Waals surface area contributed by atoms with E-state index in [-0.39, 0.29) is 5.75 Å². The van der Waals surface area contributed by atoms with Gasteiger partial charge in [0.05, 0.1) is 17.0 Å². The van der Waals surface area contributed by atoms with Crippen molar-refractivity contribution in [1.82, 2.24) is 0 Å². The summed E-state index contributed by atoms with van der Waals surface area (Å²) in [6.07, 6.45) is 0.309. The summed E-state index contributed by atoms with van der Waals surface area (Å²) in [5, 5.41) is 8.64. The summed E-state index contributed by atoms with van der Waals surface area (Å²) in [5.41, 5.74) is -1.38. The molecule has 0 unspecified atom stereocenters. The average Bonchev–Trinajstić information content (AvgIpc) is 2.21. The van der Waals surface area contributed by atoms with Crippen LogP contribution in [-0.4, -0.2) is 25.2 Å². The first kappa shape index (κ1) is 14.4. The number of aromatic carboxylic acids is 1. The van der Waals surface area contributed by atoms with Crippen molar-refractivity contribution in [2.24, 2.45) is 0 Å². The number of hydrogen-bond acceptors (Lipinski definition) is 3. The summed E-state index contributed by atoms with van der Waals surface area (Å²) in [6.45, 7) is 1.61. The minimum atomic E-state index is -3.77. The smallest absolute Gasteiger partial charge is 0.338 e. The van der Waals surface area contributed by atoms with E-state index in [0.29, 0.717) is 18.6 Å². The molecule has 0 atom stereocenters. The minimum Gasteiger partial charge on any atom is -0.478 e. The van der Waals surface area contributed by atoms with Crippen molar-refractivity contribution in [2.75, 3.05) is 10.5 Å². The lowest BCUT2D eigenvalue weighted by Crippen LogP contribution is -2.17. The summed E-state index contributed by atoms with van der Waals surface area (Å²) in [7, 11) is -3.77. The maximum absolute atomic E-state index is 13.3. The standard InChI is InChI=1S/C10H11F2NO4S/c1-2-3-18(16,17)13-9-4-6(10(14)15)7(11)5-8(9)12/h4-5,13H,2-3H2,1H3,(H,14,15). The fourth-order valence-corrected chi connectivity index (χ4v) is 2.41. The van der Waals surface area contributed by atoms with Crippen LogP contribution in [0.25, 0.3) is 0 Å². The third kappa shape index (κ3) is 3.39. The molecule has 0 amide bonds. The molecule has 8 heteroatoms. The molecule has 0 aromatic heterocycles. The van der Waals surface area contributed by atoms with E-state index in [1.54, 1.807) is 6.92 Å². The molecule has 2 N–H and O–H groups in total. The number of hydrogen-bond donors (Lipinski definition) is 2. The second-order valence-electron chi connectivity index (χ2n) is 3.54. The second kappa shape index (κ2) is 5.30. The van der Waals surface area contributed by atoms with Gasteiger partial charge in [-0.3, -0.25) is 4.72 Å². The third-order valence-corrected chi connectivity index (χ3v) is 3.50. The highest BCUT2D eigenvalue weighted by Crippen LogP contribution is 2.20.